The zero-order chi connectivity index (χ0) is 12.3. The molecule has 1 unspecified atom stereocenters. The number of aryl methyl sites for hydroxylation is 1. The fourth-order valence-corrected chi connectivity index (χ4v) is 2.73. The quantitative estimate of drug-likeness (QED) is 0.853. The Balaban J connectivity index is 2.11. The van der Waals surface area contributed by atoms with Crippen molar-refractivity contribution in [3.63, 3.8) is 0 Å². The van der Waals surface area contributed by atoms with E-state index in [1.165, 1.54) is 15.1 Å². The van der Waals surface area contributed by atoms with E-state index in [-0.39, 0.29) is 0 Å². The van der Waals surface area contributed by atoms with Crippen LogP contribution in [0, 0.1) is 3.57 Å². The van der Waals surface area contributed by atoms with Gasteiger partial charge < -0.3 is 5.11 Å². The van der Waals surface area contributed by atoms with Gasteiger partial charge in [0.2, 0.25) is 0 Å². The van der Waals surface area contributed by atoms with E-state index in [0.29, 0.717) is 6.42 Å². The van der Waals surface area contributed by atoms with Gasteiger partial charge in [-0.3, -0.25) is 0 Å². The summed E-state index contributed by atoms with van der Waals surface area (Å²) in [4.78, 5) is 0.894. The van der Waals surface area contributed by atoms with Crippen molar-refractivity contribution in [1.82, 2.24) is 9.59 Å². The highest BCUT2D eigenvalue weighted by Crippen LogP contribution is 2.24. The van der Waals surface area contributed by atoms with Gasteiger partial charge in [0.15, 0.2) is 0 Å². The van der Waals surface area contributed by atoms with Gasteiger partial charge in [0, 0.05) is 9.99 Å². The molecule has 1 N–H and O–H groups in total. The van der Waals surface area contributed by atoms with Crippen LogP contribution in [0.1, 0.15) is 29.2 Å². The van der Waals surface area contributed by atoms with Gasteiger partial charge in [-0.25, -0.2) is 0 Å². The van der Waals surface area contributed by atoms with Crippen LogP contribution in [0.5, 0.6) is 0 Å². The number of halogens is 1. The molecule has 2 aromatic rings. The van der Waals surface area contributed by atoms with Gasteiger partial charge in [0.05, 0.1) is 16.7 Å². The number of aromatic nitrogens is 2. The monoisotopic (exact) mass is 360 g/mol. The van der Waals surface area contributed by atoms with E-state index in [1.54, 1.807) is 0 Å². The Labute approximate surface area is 118 Å². The summed E-state index contributed by atoms with van der Waals surface area (Å²) >= 11 is 3.56. The normalized spacial score (nSPS) is 12.6. The van der Waals surface area contributed by atoms with Crippen molar-refractivity contribution in [2.75, 3.05) is 0 Å². The molecule has 0 amide bonds. The minimum Gasteiger partial charge on any atom is -0.387 e. The predicted molar refractivity (Wildman–Crippen MR) is 77.1 cm³/mol. The van der Waals surface area contributed by atoms with Crippen LogP contribution >= 0.6 is 34.1 Å². The molecule has 1 aromatic heterocycles. The maximum Gasteiger partial charge on any atom is 0.0957 e. The van der Waals surface area contributed by atoms with Crippen LogP contribution < -0.4 is 0 Å². The van der Waals surface area contributed by atoms with Gasteiger partial charge in [-0.1, -0.05) is 23.5 Å². The molecule has 1 heterocycles. The molecule has 90 valence electrons. The molecule has 0 aliphatic rings. The highest BCUT2D eigenvalue weighted by atomic mass is 127. The molecule has 0 aliphatic heterocycles. The molecule has 0 spiro atoms. The largest absolute Gasteiger partial charge is 0.387 e. The van der Waals surface area contributed by atoms with Gasteiger partial charge in [-0.05, 0) is 58.2 Å². The summed E-state index contributed by atoms with van der Waals surface area (Å²) in [5.41, 5.74) is 2.04. The van der Waals surface area contributed by atoms with Crippen molar-refractivity contribution in [2.24, 2.45) is 0 Å². The lowest BCUT2D eigenvalue weighted by atomic mass is 10.1. The third-order valence-electron chi connectivity index (χ3n) is 2.56. The van der Waals surface area contributed by atoms with Crippen LogP contribution in [0.25, 0.3) is 0 Å². The highest BCUT2D eigenvalue weighted by molar-refractivity contribution is 14.1. The molecule has 17 heavy (non-hydrogen) atoms. The van der Waals surface area contributed by atoms with Crippen LogP contribution in [0.3, 0.4) is 0 Å². The summed E-state index contributed by atoms with van der Waals surface area (Å²) in [7, 11) is 0. The number of aliphatic hydroxyl groups excluding tert-OH is 1. The molecule has 1 atom stereocenters. The summed E-state index contributed by atoms with van der Waals surface area (Å²) < 4.78 is 5.10. The number of aliphatic hydroxyl groups is 1. The topological polar surface area (TPSA) is 46.0 Å². The molecular weight excluding hydrogens is 347 g/mol. The minimum atomic E-state index is -0.495. The SMILES string of the molecule is CCc1nnsc1C(O)Cc1ccc(I)cc1. The van der Waals surface area contributed by atoms with E-state index in [0.717, 1.165) is 22.6 Å². The molecule has 0 saturated heterocycles. The zero-order valence-corrected chi connectivity index (χ0v) is 12.4. The Morgan fingerprint density at radius 1 is 1.35 bits per heavy atom. The molecule has 0 radical (unpaired) electrons. The Morgan fingerprint density at radius 3 is 2.71 bits per heavy atom. The van der Waals surface area contributed by atoms with Crippen molar-refractivity contribution < 1.29 is 5.11 Å². The lowest BCUT2D eigenvalue weighted by molar-refractivity contribution is 0.181. The Kier molecular flexibility index (Phi) is 4.47. The zero-order valence-electron chi connectivity index (χ0n) is 9.43. The van der Waals surface area contributed by atoms with E-state index in [2.05, 4.69) is 32.2 Å². The molecule has 0 fully saturated rings. The first kappa shape index (κ1) is 12.9. The second kappa shape index (κ2) is 5.88. The Morgan fingerprint density at radius 2 is 2.06 bits per heavy atom. The predicted octanol–water partition coefficient (Wildman–Crippen LogP) is 2.98. The molecule has 2 rings (SSSR count). The molecule has 0 aliphatic carbocycles. The summed E-state index contributed by atoms with van der Waals surface area (Å²) in [5.74, 6) is 0. The van der Waals surface area contributed by atoms with Gasteiger partial charge >= 0.3 is 0 Å². The third-order valence-corrected chi connectivity index (χ3v) is 4.15. The van der Waals surface area contributed by atoms with E-state index in [9.17, 15) is 5.11 Å². The first-order valence-electron chi connectivity index (χ1n) is 5.44. The molecule has 3 nitrogen and oxygen atoms in total. The number of benzene rings is 1. The van der Waals surface area contributed by atoms with Gasteiger partial charge in [-0.15, -0.1) is 5.10 Å². The molecule has 5 heteroatoms. The molecular formula is C12H13IN2OS. The minimum absolute atomic E-state index is 0.495. The molecule has 1 aromatic carbocycles. The average Bonchev–Trinajstić information content (AvgIpc) is 2.80. The van der Waals surface area contributed by atoms with Crippen molar-refractivity contribution in [3.8, 4) is 0 Å². The smallest absolute Gasteiger partial charge is 0.0957 e. The fraction of sp³-hybridized carbons (Fsp3) is 0.333. The van der Waals surface area contributed by atoms with E-state index in [1.807, 2.05) is 31.2 Å². The van der Waals surface area contributed by atoms with E-state index in [4.69, 9.17) is 0 Å². The Bertz CT molecular complexity index is 484. The van der Waals surface area contributed by atoms with Crippen LogP contribution in [0.4, 0.5) is 0 Å². The average molecular weight is 360 g/mol. The van der Waals surface area contributed by atoms with Crippen molar-refractivity contribution >= 4 is 34.1 Å². The second-order valence-electron chi connectivity index (χ2n) is 3.78. The molecule has 0 saturated carbocycles. The van der Waals surface area contributed by atoms with Crippen molar-refractivity contribution in [3.05, 3.63) is 44.0 Å². The summed E-state index contributed by atoms with van der Waals surface area (Å²) in [6.45, 7) is 2.03. The number of hydrogen-bond donors (Lipinski definition) is 1. The van der Waals surface area contributed by atoms with Crippen molar-refractivity contribution in [2.45, 2.75) is 25.9 Å². The Hall–Kier alpha value is -0.530. The lowest BCUT2D eigenvalue weighted by Crippen LogP contribution is -2.02. The maximum atomic E-state index is 10.2. The number of nitrogens with zero attached hydrogens (tertiary/aromatic N) is 2. The van der Waals surface area contributed by atoms with Crippen LogP contribution in [-0.4, -0.2) is 14.7 Å². The lowest BCUT2D eigenvalue weighted by Gasteiger charge is -2.09. The van der Waals surface area contributed by atoms with Gasteiger partial charge in [-0.2, -0.15) is 0 Å². The summed E-state index contributed by atoms with van der Waals surface area (Å²) in [5, 5.41) is 14.2. The second-order valence-corrected chi connectivity index (χ2v) is 5.82. The van der Waals surface area contributed by atoms with Gasteiger partial charge in [0.25, 0.3) is 0 Å². The molecule has 0 bridgehead atoms. The summed E-state index contributed by atoms with van der Waals surface area (Å²) in [6, 6.07) is 8.19. The number of rotatable bonds is 4. The van der Waals surface area contributed by atoms with E-state index < -0.39 is 6.10 Å². The third kappa shape index (κ3) is 3.23. The summed E-state index contributed by atoms with van der Waals surface area (Å²) in [6.07, 6.45) is 0.939. The fourth-order valence-electron chi connectivity index (χ4n) is 1.65. The van der Waals surface area contributed by atoms with Crippen LogP contribution in [-0.2, 0) is 12.8 Å². The van der Waals surface area contributed by atoms with Crippen LogP contribution in [0.2, 0.25) is 0 Å². The van der Waals surface area contributed by atoms with Crippen molar-refractivity contribution in [1.29, 1.82) is 0 Å². The first-order chi connectivity index (χ1) is 8.20. The number of hydrogen-bond acceptors (Lipinski definition) is 4. The van der Waals surface area contributed by atoms with Crippen LogP contribution in [0.15, 0.2) is 24.3 Å². The first-order valence-corrected chi connectivity index (χ1v) is 7.29. The standard InChI is InChI=1S/C12H13IN2OS/c1-2-10-12(17-15-14-10)11(16)7-8-3-5-9(13)6-4-8/h3-6,11,16H,2,7H2,1H3. The van der Waals surface area contributed by atoms with E-state index >= 15 is 0 Å². The van der Waals surface area contributed by atoms with Gasteiger partial charge in [0.1, 0.15) is 0 Å². The maximum absolute atomic E-state index is 10.2. The highest BCUT2D eigenvalue weighted by Gasteiger charge is 2.16.